The molecule has 1 N–H and O–H groups in total. The third kappa shape index (κ3) is 6.45. The number of benzene rings is 2. The fraction of sp³-hybridized carbons (Fsp3) is 0.464. The molecule has 2 saturated heterocycles. The van der Waals surface area contributed by atoms with Crippen LogP contribution in [0.2, 0.25) is 5.02 Å². The molecule has 9 nitrogen and oxygen atoms in total. The number of carbonyl (C=O) groups is 1. The van der Waals surface area contributed by atoms with E-state index >= 15 is 0 Å². The van der Waals surface area contributed by atoms with Crippen LogP contribution in [0.3, 0.4) is 0 Å². The van der Waals surface area contributed by atoms with Gasteiger partial charge in [0.05, 0.1) is 17.6 Å². The Kier molecular flexibility index (Phi) is 8.52. The third-order valence-corrected chi connectivity index (χ3v) is 7.64. The number of hydrogen-bond acceptors (Lipinski definition) is 7. The number of ether oxygens (including phenoxy) is 2. The molecule has 0 atom stereocenters. The molecule has 39 heavy (non-hydrogen) atoms. The molecule has 2 amide bonds. The summed E-state index contributed by atoms with van der Waals surface area (Å²) in [5.74, 6) is 1.32. The van der Waals surface area contributed by atoms with Gasteiger partial charge in [0.25, 0.3) is 0 Å². The highest BCUT2D eigenvalue weighted by Gasteiger charge is 2.24. The first-order chi connectivity index (χ1) is 18.9. The summed E-state index contributed by atoms with van der Waals surface area (Å²) in [6.07, 6.45) is 5.33. The number of nitrogens with one attached hydrogen (secondary N) is 1. The third-order valence-electron chi connectivity index (χ3n) is 7.35. The van der Waals surface area contributed by atoms with Gasteiger partial charge in [-0.25, -0.2) is 19.2 Å². The predicted octanol–water partition coefficient (Wildman–Crippen LogP) is 5.17. The first kappa shape index (κ1) is 27.2. The van der Waals surface area contributed by atoms with Crippen LogP contribution in [0.1, 0.15) is 25.7 Å². The van der Waals surface area contributed by atoms with E-state index in [9.17, 15) is 9.18 Å². The smallest absolute Gasteiger partial charge is 0.319 e. The Morgan fingerprint density at radius 1 is 1.08 bits per heavy atom. The van der Waals surface area contributed by atoms with Crippen LogP contribution in [0.5, 0.6) is 11.5 Å². The zero-order valence-electron chi connectivity index (χ0n) is 22.3. The molecule has 0 radical (unpaired) electrons. The first-order valence-corrected chi connectivity index (χ1v) is 13.7. The van der Waals surface area contributed by atoms with Crippen molar-refractivity contribution in [2.75, 3.05) is 58.7 Å². The maximum absolute atomic E-state index is 13.6. The van der Waals surface area contributed by atoms with Crippen LogP contribution in [-0.2, 0) is 0 Å². The molecule has 0 saturated carbocycles. The van der Waals surface area contributed by atoms with E-state index < -0.39 is 5.82 Å². The summed E-state index contributed by atoms with van der Waals surface area (Å²) in [6.45, 7) is 5.35. The van der Waals surface area contributed by atoms with Gasteiger partial charge < -0.3 is 29.5 Å². The molecular weight excluding hydrogens is 523 g/mol. The average Bonchev–Trinajstić information content (AvgIpc) is 2.94. The van der Waals surface area contributed by atoms with Crippen LogP contribution in [0.15, 0.2) is 36.7 Å². The number of urea groups is 1. The van der Waals surface area contributed by atoms with Crippen LogP contribution < -0.4 is 14.8 Å². The summed E-state index contributed by atoms with van der Waals surface area (Å²) in [7, 11) is 3.48. The summed E-state index contributed by atoms with van der Waals surface area (Å²) in [6, 6.07) is 8.30. The molecule has 3 heterocycles. The van der Waals surface area contributed by atoms with E-state index in [4.69, 9.17) is 21.1 Å². The van der Waals surface area contributed by atoms with Crippen molar-refractivity contribution in [1.82, 2.24) is 24.7 Å². The lowest BCUT2D eigenvalue weighted by Crippen LogP contribution is -2.48. The van der Waals surface area contributed by atoms with Gasteiger partial charge in [0, 0.05) is 56.9 Å². The number of fused-ring (bicyclic) bond motifs is 1. The number of nitrogens with zero attached hydrogens (tertiary/aromatic N) is 5. The highest BCUT2D eigenvalue weighted by atomic mass is 35.5. The van der Waals surface area contributed by atoms with Crippen molar-refractivity contribution >= 4 is 40.0 Å². The van der Waals surface area contributed by atoms with Crippen LogP contribution in [0.25, 0.3) is 10.9 Å². The highest BCUT2D eigenvalue weighted by Crippen LogP contribution is 2.36. The van der Waals surface area contributed by atoms with E-state index in [1.54, 1.807) is 18.1 Å². The van der Waals surface area contributed by atoms with Crippen molar-refractivity contribution in [2.24, 2.45) is 0 Å². The Labute approximate surface area is 232 Å². The summed E-state index contributed by atoms with van der Waals surface area (Å²) < 4.78 is 25.7. The fourth-order valence-electron chi connectivity index (χ4n) is 5.18. The van der Waals surface area contributed by atoms with Crippen molar-refractivity contribution in [3.63, 3.8) is 0 Å². The van der Waals surface area contributed by atoms with E-state index in [1.807, 2.05) is 24.1 Å². The second-order valence-corrected chi connectivity index (χ2v) is 10.5. The maximum Gasteiger partial charge on any atom is 0.319 e. The summed E-state index contributed by atoms with van der Waals surface area (Å²) >= 11 is 5.95. The second kappa shape index (κ2) is 12.2. The van der Waals surface area contributed by atoms with Gasteiger partial charge in [0.15, 0.2) is 11.5 Å². The van der Waals surface area contributed by atoms with Crippen molar-refractivity contribution in [1.29, 1.82) is 0 Å². The number of likely N-dealkylation sites (tertiary alicyclic amines) is 1. The van der Waals surface area contributed by atoms with Crippen molar-refractivity contribution in [2.45, 2.75) is 31.8 Å². The average molecular weight is 557 g/mol. The van der Waals surface area contributed by atoms with E-state index in [1.165, 1.54) is 18.5 Å². The molecule has 0 aliphatic carbocycles. The molecule has 2 fully saturated rings. The van der Waals surface area contributed by atoms with E-state index in [2.05, 4.69) is 20.2 Å². The minimum atomic E-state index is -0.480. The Balaban J connectivity index is 1.20. The van der Waals surface area contributed by atoms with Gasteiger partial charge in [0.1, 0.15) is 24.1 Å². The number of rotatable bonds is 9. The summed E-state index contributed by atoms with van der Waals surface area (Å²) in [5.41, 5.74) is 1.31. The summed E-state index contributed by atoms with van der Waals surface area (Å²) in [4.78, 5) is 27.3. The predicted molar refractivity (Wildman–Crippen MR) is 150 cm³/mol. The molecule has 0 spiro atoms. The quantitative estimate of drug-likeness (QED) is 0.389. The molecular formula is C28H34ClFN6O3. The minimum absolute atomic E-state index is 0.0305. The molecule has 1 aromatic heterocycles. The molecule has 0 bridgehead atoms. The molecule has 2 aliphatic heterocycles. The zero-order valence-corrected chi connectivity index (χ0v) is 23.1. The number of methoxy groups -OCH3 is 1. The van der Waals surface area contributed by atoms with Crippen molar-refractivity contribution < 1.29 is 18.7 Å². The topological polar surface area (TPSA) is 83.1 Å². The number of amides is 2. The zero-order chi connectivity index (χ0) is 27.4. The first-order valence-electron chi connectivity index (χ1n) is 13.3. The fourth-order valence-corrected chi connectivity index (χ4v) is 5.36. The normalized spacial score (nSPS) is 17.1. The van der Waals surface area contributed by atoms with Gasteiger partial charge in [-0.2, -0.15) is 0 Å². The van der Waals surface area contributed by atoms with E-state index in [0.29, 0.717) is 28.5 Å². The lowest BCUT2D eigenvalue weighted by Gasteiger charge is -2.35. The van der Waals surface area contributed by atoms with Gasteiger partial charge in [0.2, 0.25) is 0 Å². The van der Waals surface area contributed by atoms with Gasteiger partial charge in [-0.05, 0) is 56.5 Å². The van der Waals surface area contributed by atoms with Crippen LogP contribution >= 0.6 is 11.6 Å². The van der Waals surface area contributed by atoms with E-state index in [-0.39, 0.29) is 17.2 Å². The number of aromatic nitrogens is 2. The molecule has 2 aromatic carbocycles. The Bertz CT molecular complexity index is 1320. The molecule has 208 valence electrons. The maximum atomic E-state index is 13.6. The monoisotopic (exact) mass is 556 g/mol. The van der Waals surface area contributed by atoms with Gasteiger partial charge in [-0.15, -0.1) is 0 Å². The van der Waals surface area contributed by atoms with Crippen LogP contribution in [-0.4, -0.2) is 90.2 Å². The molecule has 3 aromatic rings. The number of carbonyl (C=O) groups excluding carboxylic acids is 1. The SMILES string of the molecule is COc1cc2ncnc(Nc3ccc(F)c(Cl)c3)c2cc1OC1CCN(CCCN2CCCN(C)C2=O)CC1. The summed E-state index contributed by atoms with van der Waals surface area (Å²) in [5, 5.41) is 3.99. The molecule has 11 heteroatoms. The molecule has 0 unspecified atom stereocenters. The largest absolute Gasteiger partial charge is 0.493 e. The van der Waals surface area contributed by atoms with Crippen LogP contribution in [0.4, 0.5) is 20.7 Å². The van der Waals surface area contributed by atoms with E-state index in [0.717, 1.165) is 70.3 Å². The Morgan fingerprint density at radius 2 is 1.90 bits per heavy atom. The molecule has 2 aliphatic rings. The van der Waals surface area contributed by atoms with Gasteiger partial charge in [-0.3, -0.25) is 0 Å². The van der Waals surface area contributed by atoms with Crippen molar-refractivity contribution in [3.05, 3.63) is 47.5 Å². The number of anilines is 2. The lowest BCUT2D eigenvalue weighted by atomic mass is 10.1. The molecule has 5 rings (SSSR count). The van der Waals surface area contributed by atoms with Gasteiger partial charge >= 0.3 is 6.03 Å². The Hall–Kier alpha value is -3.37. The van der Waals surface area contributed by atoms with Crippen molar-refractivity contribution in [3.8, 4) is 11.5 Å². The minimum Gasteiger partial charge on any atom is -0.493 e. The lowest BCUT2D eigenvalue weighted by molar-refractivity contribution is 0.0939. The highest BCUT2D eigenvalue weighted by molar-refractivity contribution is 6.31. The number of piperidine rings is 1. The number of halogens is 2. The van der Waals surface area contributed by atoms with Gasteiger partial charge in [-0.1, -0.05) is 11.6 Å². The number of hydrogen-bond donors (Lipinski definition) is 1. The standard InChI is InChI=1S/C28H34ClFN6O3/c1-34-9-3-11-36(28(34)37)12-4-10-35-13-7-20(8-14-35)39-26-16-21-24(17-25(26)38-2)31-18-32-27(21)33-19-5-6-23(30)22(29)15-19/h5-6,15-18,20H,3-4,7-14H2,1-2H3,(H,31,32,33). The van der Waals surface area contributed by atoms with Crippen LogP contribution in [0, 0.1) is 5.82 Å². The second-order valence-electron chi connectivity index (χ2n) is 10.1. The Morgan fingerprint density at radius 3 is 2.67 bits per heavy atom.